The molecule has 1 aliphatic carbocycles. The van der Waals surface area contributed by atoms with E-state index in [1.165, 1.54) is 0 Å². The van der Waals surface area contributed by atoms with Crippen LogP contribution in [0.2, 0.25) is 0 Å². The van der Waals surface area contributed by atoms with Crippen molar-refractivity contribution in [2.24, 2.45) is 5.92 Å². The van der Waals surface area contributed by atoms with Crippen LogP contribution >= 0.6 is 0 Å². The zero-order valence-electron chi connectivity index (χ0n) is 10.9. The third-order valence-electron chi connectivity index (χ3n) is 3.51. The third-order valence-corrected chi connectivity index (χ3v) is 3.51. The summed E-state index contributed by atoms with van der Waals surface area (Å²) in [7, 11) is 3.67. The number of amides is 1. The molecule has 0 aliphatic heterocycles. The van der Waals surface area contributed by atoms with Crippen molar-refractivity contribution >= 4 is 11.6 Å². The minimum absolute atomic E-state index is 0.0408. The van der Waals surface area contributed by atoms with Crippen molar-refractivity contribution in [3.8, 4) is 0 Å². The van der Waals surface area contributed by atoms with Crippen molar-refractivity contribution in [1.29, 1.82) is 0 Å². The molecular formula is C14H20N2O2. The Balaban J connectivity index is 1.92. The predicted molar refractivity (Wildman–Crippen MR) is 71.7 cm³/mol. The van der Waals surface area contributed by atoms with E-state index >= 15 is 0 Å². The molecule has 1 aromatic carbocycles. The SMILES string of the molecule is CNc1ccc(C(=O)N(C)CC2CC(O)C2)cc1. The van der Waals surface area contributed by atoms with Crippen LogP contribution in [0.5, 0.6) is 0 Å². The fourth-order valence-electron chi connectivity index (χ4n) is 2.32. The first-order valence-electron chi connectivity index (χ1n) is 6.31. The van der Waals surface area contributed by atoms with Crippen molar-refractivity contribution < 1.29 is 9.90 Å². The average molecular weight is 248 g/mol. The van der Waals surface area contributed by atoms with Gasteiger partial charge in [-0.15, -0.1) is 0 Å². The molecule has 2 N–H and O–H groups in total. The molecule has 1 amide bonds. The summed E-state index contributed by atoms with van der Waals surface area (Å²) >= 11 is 0. The van der Waals surface area contributed by atoms with Crippen LogP contribution < -0.4 is 5.32 Å². The topological polar surface area (TPSA) is 52.6 Å². The van der Waals surface area contributed by atoms with Gasteiger partial charge in [0.2, 0.25) is 0 Å². The molecule has 0 atom stereocenters. The summed E-state index contributed by atoms with van der Waals surface area (Å²) in [6.45, 7) is 0.726. The van der Waals surface area contributed by atoms with Crippen molar-refractivity contribution in [3.05, 3.63) is 29.8 Å². The normalized spacial score (nSPS) is 22.2. The minimum Gasteiger partial charge on any atom is -0.393 e. The van der Waals surface area contributed by atoms with Gasteiger partial charge in [-0.1, -0.05) is 0 Å². The molecule has 18 heavy (non-hydrogen) atoms. The smallest absolute Gasteiger partial charge is 0.253 e. The zero-order chi connectivity index (χ0) is 13.1. The van der Waals surface area contributed by atoms with E-state index < -0.39 is 0 Å². The molecule has 0 unspecified atom stereocenters. The zero-order valence-corrected chi connectivity index (χ0v) is 10.9. The van der Waals surface area contributed by atoms with Crippen LogP contribution in [0.4, 0.5) is 5.69 Å². The minimum atomic E-state index is -0.159. The Morgan fingerprint density at radius 1 is 1.39 bits per heavy atom. The molecule has 0 aromatic heterocycles. The first-order chi connectivity index (χ1) is 8.60. The van der Waals surface area contributed by atoms with Crippen molar-refractivity contribution in [1.82, 2.24) is 4.90 Å². The maximum atomic E-state index is 12.1. The second-order valence-corrected chi connectivity index (χ2v) is 5.00. The molecule has 4 nitrogen and oxygen atoms in total. The highest BCUT2D eigenvalue weighted by atomic mass is 16.3. The van der Waals surface area contributed by atoms with Crippen LogP contribution in [0.15, 0.2) is 24.3 Å². The Kier molecular flexibility index (Phi) is 3.87. The van der Waals surface area contributed by atoms with E-state index in [0.29, 0.717) is 11.5 Å². The van der Waals surface area contributed by atoms with Gasteiger partial charge in [-0.05, 0) is 43.0 Å². The lowest BCUT2D eigenvalue weighted by Gasteiger charge is -2.34. The Hall–Kier alpha value is -1.55. The second kappa shape index (κ2) is 5.40. The summed E-state index contributed by atoms with van der Waals surface area (Å²) in [5.74, 6) is 0.490. The Bertz CT molecular complexity index is 410. The first-order valence-corrected chi connectivity index (χ1v) is 6.31. The Labute approximate surface area is 108 Å². The molecule has 1 aliphatic rings. The number of carbonyl (C=O) groups is 1. The molecule has 0 saturated heterocycles. The van der Waals surface area contributed by atoms with E-state index in [1.54, 1.807) is 4.90 Å². The van der Waals surface area contributed by atoms with Crippen LogP contribution in [-0.2, 0) is 0 Å². The van der Waals surface area contributed by atoms with Crippen LogP contribution in [0.1, 0.15) is 23.2 Å². The van der Waals surface area contributed by atoms with Crippen LogP contribution in [0.3, 0.4) is 0 Å². The van der Waals surface area contributed by atoms with Gasteiger partial charge in [0.15, 0.2) is 0 Å². The number of benzene rings is 1. The monoisotopic (exact) mass is 248 g/mol. The highest BCUT2D eigenvalue weighted by Gasteiger charge is 2.29. The number of nitrogens with one attached hydrogen (secondary N) is 1. The molecule has 0 bridgehead atoms. The lowest BCUT2D eigenvalue weighted by molar-refractivity contribution is 0.0265. The van der Waals surface area contributed by atoms with Crippen molar-refractivity contribution in [3.63, 3.8) is 0 Å². The number of carbonyl (C=O) groups excluding carboxylic acids is 1. The Morgan fingerprint density at radius 3 is 2.50 bits per heavy atom. The number of hydrogen-bond acceptors (Lipinski definition) is 3. The number of hydrogen-bond donors (Lipinski definition) is 2. The van der Waals surface area contributed by atoms with E-state index in [1.807, 2.05) is 38.4 Å². The quantitative estimate of drug-likeness (QED) is 0.850. The standard InChI is InChI=1S/C14H20N2O2/c1-15-12-5-3-11(4-6-12)14(18)16(2)9-10-7-13(17)8-10/h3-6,10,13,15,17H,7-9H2,1-2H3. The van der Waals surface area contributed by atoms with E-state index in [9.17, 15) is 9.90 Å². The highest BCUT2D eigenvalue weighted by Crippen LogP contribution is 2.27. The number of nitrogens with zero attached hydrogens (tertiary/aromatic N) is 1. The van der Waals surface area contributed by atoms with Gasteiger partial charge < -0.3 is 15.3 Å². The summed E-state index contributed by atoms with van der Waals surface area (Å²) in [5.41, 5.74) is 1.70. The summed E-state index contributed by atoms with van der Waals surface area (Å²) in [4.78, 5) is 13.9. The molecule has 0 heterocycles. The molecular weight excluding hydrogens is 228 g/mol. The molecule has 1 saturated carbocycles. The fraction of sp³-hybridized carbons (Fsp3) is 0.500. The average Bonchev–Trinajstić information content (AvgIpc) is 2.36. The van der Waals surface area contributed by atoms with Crippen LogP contribution in [-0.4, -0.2) is 42.7 Å². The summed E-state index contributed by atoms with van der Waals surface area (Å²) in [6, 6.07) is 7.46. The maximum Gasteiger partial charge on any atom is 0.253 e. The lowest BCUT2D eigenvalue weighted by atomic mass is 9.82. The number of rotatable bonds is 4. The molecule has 4 heteroatoms. The van der Waals surface area contributed by atoms with Gasteiger partial charge in [0.25, 0.3) is 5.91 Å². The van der Waals surface area contributed by atoms with Crippen molar-refractivity contribution in [2.45, 2.75) is 18.9 Å². The van der Waals surface area contributed by atoms with Crippen LogP contribution in [0.25, 0.3) is 0 Å². The largest absolute Gasteiger partial charge is 0.393 e. The molecule has 1 aromatic rings. The molecule has 0 radical (unpaired) electrons. The maximum absolute atomic E-state index is 12.1. The predicted octanol–water partition coefficient (Wildman–Crippen LogP) is 1.57. The van der Waals surface area contributed by atoms with Gasteiger partial charge in [-0.25, -0.2) is 0 Å². The summed E-state index contributed by atoms with van der Waals surface area (Å²) in [5, 5.41) is 12.3. The lowest BCUT2D eigenvalue weighted by Crippen LogP contribution is -2.39. The second-order valence-electron chi connectivity index (χ2n) is 5.00. The number of anilines is 1. The van der Waals surface area contributed by atoms with Gasteiger partial charge in [0.1, 0.15) is 0 Å². The van der Waals surface area contributed by atoms with Gasteiger partial charge in [0, 0.05) is 31.9 Å². The highest BCUT2D eigenvalue weighted by molar-refractivity contribution is 5.94. The molecule has 0 spiro atoms. The van der Waals surface area contributed by atoms with E-state index in [4.69, 9.17) is 0 Å². The van der Waals surface area contributed by atoms with Crippen LogP contribution in [0, 0.1) is 5.92 Å². The molecule has 1 fully saturated rings. The van der Waals surface area contributed by atoms with Gasteiger partial charge in [-0.3, -0.25) is 4.79 Å². The molecule has 98 valence electrons. The summed E-state index contributed by atoms with van der Waals surface area (Å²) < 4.78 is 0. The number of aliphatic hydroxyl groups excluding tert-OH is 1. The summed E-state index contributed by atoms with van der Waals surface area (Å²) in [6.07, 6.45) is 1.47. The van der Waals surface area contributed by atoms with Gasteiger partial charge >= 0.3 is 0 Å². The Morgan fingerprint density at radius 2 is 2.00 bits per heavy atom. The van der Waals surface area contributed by atoms with Gasteiger partial charge in [0.05, 0.1) is 6.10 Å². The van der Waals surface area contributed by atoms with E-state index in [0.717, 1.165) is 25.1 Å². The molecule has 2 rings (SSSR count). The van der Waals surface area contributed by atoms with E-state index in [2.05, 4.69) is 5.32 Å². The van der Waals surface area contributed by atoms with Gasteiger partial charge in [-0.2, -0.15) is 0 Å². The van der Waals surface area contributed by atoms with Crippen molar-refractivity contribution in [2.75, 3.05) is 26.0 Å². The first kappa shape index (κ1) is 12.9. The fourth-order valence-corrected chi connectivity index (χ4v) is 2.32. The van der Waals surface area contributed by atoms with E-state index in [-0.39, 0.29) is 12.0 Å². The third kappa shape index (κ3) is 2.82. The number of aliphatic hydroxyl groups is 1.